The van der Waals surface area contributed by atoms with Crippen molar-refractivity contribution in [1.82, 2.24) is 0 Å². The number of allylic oxidation sites excluding steroid dienone is 5. The second kappa shape index (κ2) is 4.32. The minimum atomic E-state index is 0.627. The lowest BCUT2D eigenvalue weighted by Crippen LogP contribution is -1.98. The number of nitriles is 1. The quantitative estimate of drug-likeness (QED) is 0.643. The van der Waals surface area contributed by atoms with Gasteiger partial charge in [0.1, 0.15) is 12.0 Å². The van der Waals surface area contributed by atoms with E-state index in [0.29, 0.717) is 12.0 Å². The topological polar surface area (TPSA) is 33.0 Å². The monoisotopic (exact) mass is 173 g/mol. The third-order valence-electron chi connectivity index (χ3n) is 1.72. The van der Waals surface area contributed by atoms with Crippen molar-refractivity contribution in [2.75, 3.05) is 0 Å². The van der Waals surface area contributed by atoms with Crippen LogP contribution in [0.3, 0.4) is 0 Å². The molecular formula is C11H11NO. The Morgan fingerprint density at radius 3 is 3.00 bits per heavy atom. The Labute approximate surface area is 78.1 Å². The molecule has 13 heavy (non-hydrogen) atoms. The van der Waals surface area contributed by atoms with Gasteiger partial charge in [-0.15, -0.1) is 0 Å². The summed E-state index contributed by atoms with van der Waals surface area (Å²) in [5.41, 5.74) is 1.63. The zero-order valence-corrected chi connectivity index (χ0v) is 7.58. The van der Waals surface area contributed by atoms with E-state index in [9.17, 15) is 0 Å². The molecule has 0 saturated heterocycles. The normalized spacial score (nSPS) is 16.5. The number of hydrogen-bond acceptors (Lipinski definition) is 2. The van der Waals surface area contributed by atoms with E-state index in [1.165, 1.54) is 6.26 Å². The molecule has 0 N–H and O–H groups in total. The summed E-state index contributed by atoms with van der Waals surface area (Å²) in [6.45, 7) is 5.57. The predicted molar refractivity (Wildman–Crippen MR) is 51.4 cm³/mol. The third kappa shape index (κ3) is 2.09. The Morgan fingerprint density at radius 1 is 1.69 bits per heavy atom. The first-order valence-electron chi connectivity index (χ1n) is 4.06. The molecule has 0 bridgehead atoms. The lowest BCUT2D eigenvalue weighted by molar-refractivity contribution is 0.351. The molecule has 0 fully saturated rings. The average molecular weight is 173 g/mol. The number of ether oxygens (including phenoxy) is 1. The van der Waals surface area contributed by atoms with E-state index >= 15 is 0 Å². The molecule has 1 aliphatic heterocycles. The molecule has 1 aliphatic rings. The van der Waals surface area contributed by atoms with Crippen molar-refractivity contribution in [1.29, 1.82) is 5.26 Å². The standard InChI is InChI=1S/C11H11NO/c1-3-5-10-6-9(7-12)8-13-11(10)4-2/h3-5,8H,2,6H2,1H3. The molecule has 0 amide bonds. The van der Waals surface area contributed by atoms with E-state index in [4.69, 9.17) is 10.00 Å². The number of nitrogens with zero attached hydrogens (tertiary/aromatic N) is 1. The molecule has 0 aromatic carbocycles. The van der Waals surface area contributed by atoms with Crippen molar-refractivity contribution < 1.29 is 4.74 Å². The molecule has 1 rings (SSSR count). The molecule has 0 saturated carbocycles. The molecule has 2 nitrogen and oxygen atoms in total. The van der Waals surface area contributed by atoms with Crippen LogP contribution in [0.25, 0.3) is 0 Å². The van der Waals surface area contributed by atoms with Gasteiger partial charge in [0, 0.05) is 6.42 Å². The van der Waals surface area contributed by atoms with Crippen LogP contribution in [-0.2, 0) is 4.74 Å². The van der Waals surface area contributed by atoms with Crippen LogP contribution < -0.4 is 0 Å². The van der Waals surface area contributed by atoms with Gasteiger partial charge in [-0.25, -0.2) is 0 Å². The molecule has 0 unspecified atom stereocenters. The molecule has 0 aromatic rings. The lowest BCUT2D eigenvalue weighted by Gasteiger charge is -2.13. The van der Waals surface area contributed by atoms with Crippen molar-refractivity contribution in [3.05, 3.63) is 48.0 Å². The summed E-state index contributed by atoms with van der Waals surface area (Å²) in [7, 11) is 0. The van der Waals surface area contributed by atoms with E-state index in [0.717, 1.165) is 11.3 Å². The minimum absolute atomic E-state index is 0.627. The molecule has 2 heteroatoms. The molecule has 1 heterocycles. The average Bonchev–Trinajstić information content (AvgIpc) is 2.18. The SMILES string of the molecule is C=CC1=C(C=CC)CC(C#N)=CO1. The summed E-state index contributed by atoms with van der Waals surface area (Å²) in [5, 5.41) is 8.67. The Hall–Kier alpha value is -1.75. The van der Waals surface area contributed by atoms with E-state index in [2.05, 4.69) is 12.6 Å². The summed E-state index contributed by atoms with van der Waals surface area (Å²) in [4.78, 5) is 0. The molecule has 0 atom stereocenters. The predicted octanol–water partition coefficient (Wildman–Crippen LogP) is 2.83. The van der Waals surface area contributed by atoms with Gasteiger partial charge in [-0.3, -0.25) is 0 Å². The second-order valence-corrected chi connectivity index (χ2v) is 2.64. The van der Waals surface area contributed by atoms with Gasteiger partial charge in [0.15, 0.2) is 0 Å². The summed E-state index contributed by atoms with van der Waals surface area (Å²) in [6, 6.07) is 2.07. The van der Waals surface area contributed by atoms with Crippen molar-refractivity contribution in [2.45, 2.75) is 13.3 Å². The largest absolute Gasteiger partial charge is 0.464 e. The van der Waals surface area contributed by atoms with Crippen LogP contribution in [0.4, 0.5) is 0 Å². The van der Waals surface area contributed by atoms with E-state index in [1.807, 2.05) is 19.1 Å². The van der Waals surface area contributed by atoms with Crippen LogP contribution in [0.15, 0.2) is 48.0 Å². The van der Waals surface area contributed by atoms with Gasteiger partial charge in [0.25, 0.3) is 0 Å². The van der Waals surface area contributed by atoms with Crippen LogP contribution in [0.2, 0.25) is 0 Å². The van der Waals surface area contributed by atoms with Crippen LogP contribution in [0.1, 0.15) is 13.3 Å². The second-order valence-electron chi connectivity index (χ2n) is 2.64. The maximum Gasteiger partial charge on any atom is 0.129 e. The Kier molecular flexibility index (Phi) is 3.10. The van der Waals surface area contributed by atoms with Gasteiger partial charge in [0.2, 0.25) is 0 Å². The Balaban J connectivity index is 2.92. The van der Waals surface area contributed by atoms with E-state index in [-0.39, 0.29) is 0 Å². The zero-order chi connectivity index (χ0) is 9.68. The zero-order valence-electron chi connectivity index (χ0n) is 7.58. The van der Waals surface area contributed by atoms with Gasteiger partial charge in [-0.05, 0) is 18.6 Å². The molecule has 66 valence electrons. The highest BCUT2D eigenvalue weighted by Gasteiger charge is 2.10. The molecule has 0 aliphatic carbocycles. The smallest absolute Gasteiger partial charge is 0.129 e. The van der Waals surface area contributed by atoms with Crippen LogP contribution >= 0.6 is 0 Å². The summed E-state index contributed by atoms with van der Waals surface area (Å²) in [5.74, 6) is 0.733. The fourth-order valence-electron chi connectivity index (χ4n) is 1.13. The number of rotatable bonds is 2. The minimum Gasteiger partial charge on any atom is -0.464 e. The maximum atomic E-state index is 8.67. The lowest BCUT2D eigenvalue weighted by atomic mass is 10.0. The first kappa shape index (κ1) is 9.34. The van der Waals surface area contributed by atoms with Crippen LogP contribution in [0.5, 0.6) is 0 Å². The summed E-state index contributed by atoms with van der Waals surface area (Å²) >= 11 is 0. The fourth-order valence-corrected chi connectivity index (χ4v) is 1.13. The Bertz CT molecular complexity index is 340. The number of hydrogen-bond donors (Lipinski definition) is 0. The summed E-state index contributed by atoms with van der Waals surface area (Å²) in [6.07, 6.45) is 7.61. The molecule has 0 radical (unpaired) electrons. The van der Waals surface area contributed by atoms with Crippen LogP contribution in [0, 0.1) is 11.3 Å². The van der Waals surface area contributed by atoms with Gasteiger partial charge in [-0.2, -0.15) is 5.26 Å². The fraction of sp³-hybridized carbons (Fsp3) is 0.182. The molecular weight excluding hydrogens is 162 g/mol. The first-order chi connectivity index (χ1) is 6.31. The maximum absolute atomic E-state index is 8.67. The highest BCUT2D eigenvalue weighted by Crippen LogP contribution is 2.23. The van der Waals surface area contributed by atoms with E-state index < -0.39 is 0 Å². The highest BCUT2D eigenvalue weighted by molar-refractivity contribution is 5.39. The Morgan fingerprint density at radius 2 is 2.46 bits per heavy atom. The summed E-state index contributed by atoms with van der Waals surface area (Å²) < 4.78 is 5.22. The van der Waals surface area contributed by atoms with Gasteiger partial charge in [0.05, 0.1) is 11.6 Å². The van der Waals surface area contributed by atoms with Crippen molar-refractivity contribution in [3.63, 3.8) is 0 Å². The highest BCUT2D eigenvalue weighted by atomic mass is 16.5. The van der Waals surface area contributed by atoms with Crippen LogP contribution in [-0.4, -0.2) is 0 Å². The molecule has 0 aromatic heterocycles. The van der Waals surface area contributed by atoms with E-state index in [1.54, 1.807) is 6.08 Å². The molecule has 0 spiro atoms. The van der Waals surface area contributed by atoms with Gasteiger partial charge >= 0.3 is 0 Å². The van der Waals surface area contributed by atoms with Crippen molar-refractivity contribution in [2.24, 2.45) is 0 Å². The van der Waals surface area contributed by atoms with Gasteiger partial charge < -0.3 is 4.74 Å². The van der Waals surface area contributed by atoms with Crippen molar-refractivity contribution >= 4 is 0 Å². The van der Waals surface area contributed by atoms with Gasteiger partial charge in [-0.1, -0.05) is 18.7 Å². The van der Waals surface area contributed by atoms with Crippen molar-refractivity contribution in [3.8, 4) is 6.07 Å². The first-order valence-corrected chi connectivity index (χ1v) is 4.06. The third-order valence-corrected chi connectivity index (χ3v) is 1.72.